The Morgan fingerprint density at radius 2 is 1.50 bits per heavy atom. The van der Waals surface area contributed by atoms with Crippen molar-refractivity contribution in [3.8, 4) is 0 Å². The van der Waals surface area contributed by atoms with Gasteiger partial charge in [-0.15, -0.1) is 0 Å². The Hall–Kier alpha value is -1.70. The number of nitrogens with one attached hydrogen (secondary N) is 4. The molecule has 2 saturated heterocycles. The van der Waals surface area contributed by atoms with Crippen LogP contribution in [0.4, 0.5) is 4.79 Å². The van der Waals surface area contributed by atoms with E-state index in [2.05, 4.69) is 28.2 Å². The van der Waals surface area contributed by atoms with Crippen LogP contribution in [0.3, 0.4) is 0 Å². The molecular formula is C6H8N4O3S. The predicted octanol–water partition coefficient (Wildman–Crippen LogP) is -2.18. The van der Waals surface area contributed by atoms with E-state index in [9.17, 15) is 14.4 Å². The Balaban J connectivity index is 0.000000140. The zero-order chi connectivity index (χ0) is 10.6. The van der Waals surface area contributed by atoms with Crippen LogP contribution in [-0.2, 0) is 9.59 Å². The summed E-state index contributed by atoms with van der Waals surface area (Å²) in [6.45, 7) is 0.456. The van der Waals surface area contributed by atoms with E-state index in [4.69, 9.17) is 0 Å². The summed E-state index contributed by atoms with van der Waals surface area (Å²) < 4.78 is 0. The van der Waals surface area contributed by atoms with Gasteiger partial charge in [-0.3, -0.25) is 14.9 Å². The topological polar surface area (TPSA) is 99.3 Å². The molecule has 2 heterocycles. The highest BCUT2D eigenvalue weighted by molar-refractivity contribution is 7.80. The normalized spacial score (nSPS) is 18.9. The standard InChI is InChI=1S/C3H4N2O2.C3H4N2OS/c2*6-2-1-4-3(7)5-2/h2*1H2,(H2,4,5,6,7). The summed E-state index contributed by atoms with van der Waals surface area (Å²) in [5.74, 6) is -0.310. The third-order valence-electron chi connectivity index (χ3n) is 1.32. The minimum atomic E-state index is -0.398. The van der Waals surface area contributed by atoms with Crippen LogP contribution in [0.5, 0.6) is 0 Å². The van der Waals surface area contributed by atoms with Crippen molar-refractivity contribution in [1.29, 1.82) is 0 Å². The van der Waals surface area contributed by atoms with Gasteiger partial charge in [-0.2, -0.15) is 0 Å². The van der Waals surface area contributed by atoms with Gasteiger partial charge in [-0.25, -0.2) is 4.79 Å². The summed E-state index contributed by atoms with van der Waals surface area (Å²) in [6, 6.07) is -0.398. The molecule has 0 aromatic carbocycles. The number of thiocarbonyl (C=S) groups is 1. The van der Waals surface area contributed by atoms with Gasteiger partial charge >= 0.3 is 6.03 Å². The molecule has 76 valence electrons. The number of urea groups is 1. The van der Waals surface area contributed by atoms with Crippen LogP contribution >= 0.6 is 12.2 Å². The number of hydrogen-bond acceptors (Lipinski definition) is 4. The maximum Gasteiger partial charge on any atom is 0.321 e. The van der Waals surface area contributed by atoms with E-state index in [1.165, 1.54) is 0 Å². The second-order valence-corrected chi connectivity index (χ2v) is 2.87. The number of hydrogen-bond donors (Lipinski definition) is 4. The van der Waals surface area contributed by atoms with E-state index < -0.39 is 6.03 Å². The lowest BCUT2D eigenvalue weighted by atomic mass is 10.7. The minimum Gasteiger partial charge on any atom is -0.353 e. The van der Waals surface area contributed by atoms with Crippen molar-refractivity contribution < 1.29 is 14.4 Å². The van der Waals surface area contributed by atoms with Gasteiger partial charge in [0.2, 0.25) is 11.8 Å². The summed E-state index contributed by atoms with van der Waals surface area (Å²) in [7, 11) is 0. The van der Waals surface area contributed by atoms with E-state index in [1.807, 2.05) is 5.32 Å². The molecule has 0 spiro atoms. The lowest BCUT2D eigenvalue weighted by molar-refractivity contribution is -0.118. The summed E-state index contributed by atoms with van der Waals surface area (Å²) in [4.78, 5) is 30.3. The van der Waals surface area contributed by atoms with Crippen molar-refractivity contribution in [2.24, 2.45) is 0 Å². The van der Waals surface area contributed by atoms with Gasteiger partial charge in [0.1, 0.15) is 0 Å². The van der Waals surface area contributed by atoms with Crippen LogP contribution in [0.1, 0.15) is 0 Å². The van der Waals surface area contributed by atoms with Crippen LogP contribution in [0.2, 0.25) is 0 Å². The summed E-state index contributed by atoms with van der Waals surface area (Å²) in [5, 5.41) is 9.77. The Kier molecular flexibility index (Phi) is 3.35. The van der Waals surface area contributed by atoms with Crippen molar-refractivity contribution in [2.75, 3.05) is 13.1 Å². The quantitative estimate of drug-likeness (QED) is 0.272. The van der Waals surface area contributed by atoms with Crippen molar-refractivity contribution in [3.05, 3.63) is 0 Å². The molecule has 14 heavy (non-hydrogen) atoms. The molecule has 0 aromatic rings. The number of amides is 4. The molecule has 0 radical (unpaired) electrons. The monoisotopic (exact) mass is 216 g/mol. The SMILES string of the molecule is O=C1CNC(=O)N1.O=C1CNC(=S)N1. The average molecular weight is 216 g/mol. The van der Waals surface area contributed by atoms with Crippen molar-refractivity contribution in [2.45, 2.75) is 0 Å². The third kappa shape index (κ3) is 3.35. The van der Waals surface area contributed by atoms with Gasteiger partial charge in [-0.05, 0) is 12.2 Å². The van der Waals surface area contributed by atoms with Gasteiger partial charge in [0, 0.05) is 0 Å². The minimum absolute atomic E-state index is 0.0509. The van der Waals surface area contributed by atoms with Crippen LogP contribution in [-0.4, -0.2) is 36.0 Å². The van der Waals surface area contributed by atoms with Gasteiger partial charge in [0.15, 0.2) is 5.11 Å². The highest BCUT2D eigenvalue weighted by Crippen LogP contribution is 1.75. The fourth-order valence-electron chi connectivity index (χ4n) is 0.751. The van der Waals surface area contributed by atoms with Gasteiger partial charge in [-0.1, -0.05) is 0 Å². The number of rotatable bonds is 0. The smallest absolute Gasteiger partial charge is 0.321 e. The van der Waals surface area contributed by atoms with E-state index in [0.717, 1.165) is 0 Å². The van der Waals surface area contributed by atoms with Crippen LogP contribution in [0.25, 0.3) is 0 Å². The molecule has 2 fully saturated rings. The molecule has 0 saturated carbocycles. The van der Waals surface area contributed by atoms with Crippen LogP contribution < -0.4 is 21.3 Å². The molecule has 0 aromatic heterocycles. The molecule has 0 aliphatic carbocycles. The molecular weight excluding hydrogens is 208 g/mol. The molecule has 4 N–H and O–H groups in total. The lowest BCUT2D eigenvalue weighted by Crippen LogP contribution is -2.22. The number of carbonyl (C=O) groups excluding carboxylic acids is 3. The first-order valence-electron chi connectivity index (χ1n) is 3.73. The summed E-state index contributed by atoms with van der Waals surface area (Å²) >= 11 is 4.55. The van der Waals surface area contributed by atoms with Crippen LogP contribution in [0.15, 0.2) is 0 Å². The van der Waals surface area contributed by atoms with Crippen LogP contribution in [0, 0.1) is 0 Å². The zero-order valence-corrected chi connectivity index (χ0v) is 7.86. The molecule has 8 heteroatoms. The molecule has 0 unspecified atom stereocenters. The van der Waals surface area contributed by atoms with Gasteiger partial charge < -0.3 is 16.0 Å². The fraction of sp³-hybridized carbons (Fsp3) is 0.333. The molecule has 2 aliphatic rings. The third-order valence-corrected chi connectivity index (χ3v) is 1.57. The first-order valence-corrected chi connectivity index (χ1v) is 4.14. The second-order valence-electron chi connectivity index (χ2n) is 2.46. The van der Waals surface area contributed by atoms with Gasteiger partial charge in [0.05, 0.1) is 13.1 Å². The highest BCUT2D eigenvalue weighted by Gasteiger charge is 2.14. The molecule has 0 atom stereocenters. The maximum absolute atomic E-state index is 10.2. The van der Waals surface area contributed by atoms with E-state index in [0.29, 0.717) is 11.7 Å². The Labute approximate surface area is 84.6 Å². The summed E-state index contributed by atoms with van der Waals surface area (Å²) in [5.41, 5.74) is 0. The van der Waals surface area contributed by atoms with Crippen molar-refractivity contribution in [3.63, 3.8) is 0 Å². The first kappa shape index (κ1) is 10.4. The fourth-order valence-corrected chi connectivity index (χ4v) is 0.937. The number of carbonyl (C=O) groups is 3. The molecule has 2 aliphatic heterocycles. The highest BCUT2D eigenvalue weighted by atomic mass is 32.1. The predicted molar refractivity (Wildman–Crippen MR) is 50.3 cm³/mol. The van der Waals surface area contributed by atoms with Crippen molar-refractivity contribution >= 4 is 35.2 Å². The largest absolute Gasteiger partial charge is 0.353 e. The molecule has 0 bridgehead atoms. The molecule has 4 amide bonds. The van der Waals surface area contributed by atoms with E-state index in [-0.39, 0.29) is 18.4 Å². The Bertz CT molecular complexity index is 245. The van der Waals surface area contributed by atoms with Gasteiger partial charge in [0.25, 0.3) is 0 Å². The lowest BCUT2D eigenvalue weighted by Gasteiger charge is -1.83. The summed E-state index contributed by atoms with van der Waals surface area (Å²) in [6.07, 6.45) is 0. The van der Waals surface area contributed by atoms with E-state index >= 15 is 0 Å². The number of imide groups is 1. The second kappa shape index (κ2) is 4.51. The van der Waals surface area contributed by atoms with E-state index in [1.54, 1.807) is 0 Å². The Morgan fingerprint density at radius 3 is 1.64 bits per heavy atom. The Morgan fingerprint density at radius 1 is 0.929 bits per heavy atom. The zero-order valence-electron chi connectivity index (χ0n) is 7.05. The first-order chi connectivity index (χ1) is 6.58. The molecule has 7 nitrogen and oxygen atoms in total. The molecule has 2 rings (SSSR count). The van der Waals surface area contributed by atoms with Crippen molar-refractivity contribution in [1.82, 2.24) is 21.3 Å². The maximum atomic E-state index is 10.2. The average Bonchev–Trinajstić information content (AvgIpc) is 2.63.